The monoisotopic (exact) mass is 288 g/mol. The molecule has 1 aromatic carbocycles. The summed E-state index contributed by atoms with van der Waals surface area (Å²) in [5.74, 6) is -0.480. The lowest BCUT2D eigenvalue weighted by Crippen LogP contribution is -2.42. The van der Waals surface area contributed by atoms with E-state index in [4.69, 9.17) is 5.11 Å². The number of hydrogen-bond donors (Lipinski definition) is 3. The van der Waals surface area contributed by atoms with Crippen molar-refractivity contribution in [3.05, 3.63) is 48.0 Å². The van der Waals surface area contributed by atoms with Gasteiger partial charge in [0, 0.05) is 18.1 Å². The lowest BCUT2D eigenvalue weighted by atomic mass is 10.2. The molecule has 0 aliphatic rings. The number of aryl methyl sites for hydroxylation is 1. The Morgan fingerprint density at radius 2 is 2.05 bits per heavy atom. The number of aromatic amines is 1. The first-order valence-corrected chi connectivity index (χ1v) is 6.38. The molecule has 0 saturated heterocycles. The molecule has 0 aliphatic carbocycles. The SMILES string of the molecule is Cc1ccc(N(CC(=O)O)C(=O)NCc2ncc[nH]2)cc1. The molecule has 0 aliphatic heterocycles. The predicted molar refractivity (Wildman–Crippen MR) is 77.0 cm³/mol. The van der Waals surface area contributed by atoms with E-state index in [1.165, 1.54) is 4.90 Å². The van der Waals surface area contributed by atoms with Gasteiger partial charge >= 0.3 is 12.0 Å². The number of rotatable bonds is 5. The van der Waals surface area contributed by atoms with E-state index in [0.29, 0.717) is 11.5 Å². The summed E-state index contributed by atoms with van der Waals surface area (Å²) >= 11 is 0. The molecule has 2 aromatic rings. The van der Waals surface area contributed by atoms with Crippen LogP contribution in [0.15, 0.2) is 36.7 Å². The van der Waals surface area contributed by atoms with E-state index in [1.807, 2.05) is 19.1 Å². The molecule has 7 heteroatoms. The van der Waals surface area contributed by atoms with Gasteiger partial charge in [0.2, 0.25) is 0 Å². The van der Waals surface area contributed by atoms with Crippen LogP contribution in [-0.4, -0.2) is 33.6 Å². The third kappa shape index (κ3) is 4.07. The average molecular weight is 288 g/mol. The van der Waals surface area contributed by atoms with Crippen LogP contribution >= 0.6 is 0 Å². The first-order valence-electron chi connectivity index (χ1n) is 6.38. The van der Waals surface area contributed by atoms with Crippen molar-refractivity contribution in [2.24, 2.45) is 0 Å². The number of carbonyl (C=O) groups is 2. The first kappa shape index (κ1) is 14.6. The molecular weight excluding hydrogens is 272 g/mol. The highest BCUT2D eigenvalue weighted by Crippen LogP contribution is 2.15. The molecule has 1 heterocycles. The van der Waals surface area contributed by atoms with Crippen molar-refractivity contribution >= 4 is 17.7 Å². The lowest BCUT2D eigenvalue weighted by Gasteiger charge is -2.21. The summed E-state index contributed by atoms with van der Waals surface area (Å²) in [5.41, 5.74) is 1.56. The number of nitrogens with one attached hydrogen (secondary N) is 2. The Labute approximate surface area is 121 Å². The fourth-order valence-corrected chi connectivity index (χ4v) is 1.79. The Morgan fingerprint density at radius 3 is 2.62 bits per heavy atom. The smallest absolute Gasteiger partial charge is 0.323 e. The number of H-pyrrole nitrogens is 1. The molecule has 0 fully saturated rings. The summed E-state index contributed by atoms with van der Waals surface area (Å²) in [7, 11) is 0. The largest absolute Gasteiger partial charge is 0.480 e. The molecule has 110 valence electrons. The van der Waals surface area contributed by atoms with E-state index >= 15 is 0 Å². The minimum atomic E-state index is -1.08. The number of imidazole rings is 1. The zero-order valence-electron chi connectivity index (χ0n) is 11.5. The molecule has 3 N–H and O–H groups in total. The second-order valence-electron chi connectivity index (χ2n) is 4.51. The predicted octanol–water partition coefficient (Wildman–Crippen LogP) is 1.52. The summed E-state index contributed by atoms with van der Waals surface area (Å²) in [6, 6.07) is 6.58. The first-order chi connectivity index (χ1) is 10.1. The van der Waals surface area contributed by atoms with E-state index in [9.17, 15) is 9.59 Å². The Kier molecular flexibility index (Phi) is 4.55. The fourth-order valence-electron chi connectivity index (χ4n) is 1.79. The van der Waals surface area contributed by atoms with Crippen molar-refractivity contribution in [1.82, 2.24) is 15.3 Å². The number of nitrogens with zero attached hydrogens (tertiary/aromatic N) is 2. The molecule has 0 bridgehead atoms. The Morgan fingerprint density at radius 1 is 1.33 bits per heavy atom. The van der Waals surface area contributed by atoms with Gasteiger partial charge < -0.3 is 15.4 Å². The van der Waals surface area contributed by atoms with Crippen molar-refractivity contribution in [1.29, 1.82) is 0 Å². The van der Waals surface area contributed by atoms with Gasteiger partial charge in [-0.1, -0.05) is 17.7 Å². The van der Waals surface area contributed by atoms with Gasteiger partial charge in [0.25, 0.3) is 0 Å². The van der Waals surface area contributed by atoms with Crippen molar-refractivity contribution in [3.8, 4) is 0 Å². The maximum Gasteiger partial charge on any atom is 0.323 e. The molecule has 2 rings (SSSR count). The van der Waals surface area contributed by atoms with Crippen molar-refractivity contribution in [2.75, 3.05) is 11.4 Å². The Hall–Kier alpha value is -2.83. The second kappa shape index (κ2) is 6.56. The van der Waals surface area contributed by atoms with Crippen LogP contribution in [0, 0.1) is 6.92 Å². The maximum absolute atomic E-state index is 12.2. The van der Waals surface area contributed by atoms with Gasteiger partial charge in [-0.15, -0.1) is 0 Å². The van der Waals surface area contributed by atoms with E-state index in [2.05, 4.69) is 15.3 Å². The number of aliphatic carboxylic acids is 1. The fraction of sp³-hybridized carbons (Fsp3) is 0.214. The third-order valence-electron chi connectivity index (χ3n) is 2.85. The summed E-state index contributed by atoms with van der Waals surface area (Å²) in [4.78, 5) is 31.1. The van der Waals surface area contributed by atoms with Gasteiger partial charge in [-0.25, -0.2) is 9.78 Å². The van der Waals surface area contributed by atoms with Crippen LogP contribution in [0.2, 0.25) is 0 Å². The molecule has 0 radical (unpaired) electrons. The number of amides is 2. The highest BCUT2D eigenvalue weighted by Gasteiger charge is 2.18. The Bertz CT molecular complexity index is 608. The lowest BCUT2D eigenvalue weighted by molar-refractivity contribution is -0.135. The maximum atomic E-state index is 12.2. The number of aromatic nitrogens is 2. The van der Waals surface area contributed by atoms with Gasteiger partial charge in [-0.2, -0.15) is 0 Å². The van der Waals surface area contributed by atoms with Crippen LogP contribution in [-0.2, 0) is 11.3 Å². The van der Waals surface area contributed by atoms with E-state index in [0.717, 1.165) is 5.56 Å². The Balaban J connectivity index is 2.09. The number of anilines is 1. The number of carbonyl (C=O) groups excluding carboxylic acids is 1. The van der Waals surface area contributed by atoms with Crippen LogP contribution in [0.4, 0.5) is 10.5 Å². The van der Waals surface area contributed by atoms with Gasteiger partial charge in [0.15, 0.2) is 0 Å². The quantitative estimate of drug-likeness (QED) is 0.776. The summed E-state index contributed by atoms with van der Waals surface area (Å²) in [6.07, 6.45) is 3.23. The van der Waals surface area contributed by atoms with Crippen LogP contribution in [0.25, 0.3) is 0 Å². The van der Waals surface area contributed by atoms with Crippen molar-refractivity contribution < 1.29 is 14.7 Å². The average Bonchev–Trinajstić information content (AvgIpc) is 2.96. The van der Waals surface area contributed by atoms with Crippen LogP contribution in [0.5, 0.6) is 0 Å². The molecule has 0 saturated carbocycles. The summed E-state index contributed by atoms with van der Waals surface area (Å²) in [6.45, 7) is 1.71. The van der Waals surface area contributed by atoms with Crippen LogP contribution < -0.4 is 10.2 Å². The van der Waals surface area contributed by atoms with Crippen LogP contribution in [0.1, 0.15) is 11.4 Å². The van der Waals surface area contributed by atoms with Crippen LogP contribution in [0.3, 0.4) is 0 Å². The van der Waals surface area contributed by atoms with E-state index in [-0.39, 0.29) is 6.54 Å². The van der Waals surface area contributed by atoms with Crippen molar-refractivity contribution in [3.63, 3.8) is 0 Å². The second-order valence-corrected chi connectivity index (χ2v) is 4.51. The number of hydrogen-bond acceptors (Lipinski definition) is 3. The number of urea groups is 1. The normalized spacial score (nSPS) is 10.1. The number of carboxylic acid groups (broad SMARTS) is 1. The summed E-state index contributed by atoms with van der Waals surface area (Å²) in [5, 5.41) is 11.6. The minimum Gasteiger partial charge on any atom is -0.480 e. The molecule has 0 atom stereocenters. The molecule has 1 aromatic heterocycles. The highest BCUT2D eigenvalue weighted by atomic mass is 16.4. The van der Waals surface area contributed by atoms with Crippen molar-refractivity contribution in [2.45, 2.75) is 13.5 Å². The minimum absolute atomic E-state index is 0.202. The molecule has 0 unspecified atom stereocenters. The molecule has 21 heavy (non-hydrogen) atoms. The highest BCUT2D eigenvalue weighted by molar-refractivity contribution is 5.96. The standard InChI is InChI=1S/C14H16N4O3/c1-10-2-4-11(5-3-10)18(9-13(19)20)14(21)17-8-12-15-6-7-16-12/h2-7H,8-9H2,1H3,(H,15,16)(H,17,21)(H,19,20). The number of carboxylic acids is 1. The summed E-state index contributed by atoms with van der Waals surface area (Å²) < 4.78 is 0. The van der Waals surface area contributed by atoms with Gasteiger partial charge in [0.05, 0.1) is 6.54 Å². The molecular formula is C14H16N4O3. The molecule has 2 amide bonds. The zero-order valence-corrected chi connectivity index (χ0v) is 11.5. The van der Waals surface area contributed by atoms with E-state index in [1.54, 1.807) is 24.5 Å². The zero-order chi connectivity index (χ0) is 15.2. The number of benzene rings is 1. The molecule has 7 nitrogen and oxygen atoms in total. The van der Waals surface area contributed by atoms with Gasteiger partial charge in [-0.05, 0) is 19.1 Å². The van der Waals surface area contributed by atoms with Gasteiger partial charge in [-0.3, -0.25) is 9.69 Å². The van der Waals surface area contributed by atoms with E-state index < -0.39 is 18.5 Å². The topological polar surface area (TPSA) is 98.3 Å². The molecule has 0 spiro atoms. The van der Waals surface area contributed by atoms with Gasteiger partial charge in [0.1, 0.15) is 12.4 Å². The third-order valence-corrected chi connectivity index (χ3v) is 2.85.